The number of hydrogen-bond donors (Lipinski definition) is 2. The quantitative estimate of drug-likeness (QED) is 0.722. The normalized spacial score (nSPS) is 10.3. The third kappa shape index (κ3) is 3.49. The van der Waals surface area contributed by atoms with Gasteiger partial charge in [0.25, 0.3) is 5.91 Å². The molecule has 2 N–H and O–H groups in total. The first-order valence-corrected chi connectivity index (χ1v) is 7.27. The Hall–Kier alpha value is -3.41. The number of anilines is 1. The lowest BCUT2D eigenvalue weighted by molar-refractivity contribution is -0.119. The molecule has 24 heavy (non-hydrogen) atoms. The zero-order valence-corrected chi connectivity index (χ0v) is 12.6. The van der Waals surface area contributed by atoms with Gasteiger partial charge in [-0.3, -0.25) is 9.59 Å². The molecule has 0 radical (unpaired) electrons. The van der Waals surface area contributed by atoms with Gasteiger partial charge < -0.3 is 15.0 Å². The maximum Gasteiger partial charge on any atom is 0.339 e. The Morgan fingerprint density at radius 1 is 1.00 bits per heavy atom. The van der Waals surface area contributed by atoms with Crippen LogP contribution in [0.15, 0.2) is 65.5 Å². The highest BCUT2D eigenvalue weighted by Gasteiger charge is 2.14. The lowest BCUT2D eigenvalue weighted by atomic mass is 10.1. The molecule has 1 amide bonds. The summed E-state index contributed by atoms with van der Waals surface area (Å²) in [5.41, 5.74) is 0.863. The Kier molecular flexibility index (Phi) is 4.38. The van der Waals surface area contributed by atoms with Gasteiger partial charge in [-0.25, -0.2) is 4.79 Å². The lowest BCUT2D eigenvalue weighted by Gasteiger charge is -2.08. The SMILES string of the molecule is O=C(COC(=O)c1cc(=O)[nH]c2ccccc12)Nc1ccccc1. The summed E-state index contributed by atoms with van der Waals surface area (Å²) in [6.07, 6.45) is 0. The van der Waals surface area contributed by atoms with Crippen molar-refractivity contribution in [3.8, 4) is 0 Å². The highest BCUT2D eigenvalue weighted by molar-refractivity contribution is 6.04. The number of rotatable bonds is 4. The van der Waals surface area contributed by atoms with Crippen LogP contribution in [0.4, 0.5) is 5.69 Å². The fraction of sp³-hybridized carbons (Fsp3) is 0.0556. The number of nitrogens with one attached hydrogen (secondary N) is 2. The Morgan fingerprint density at radius 3 is 2.50 bits per heavy atom. The number of benzene rings is 2. The number of amides is 1. The molecule has 0 saturated carbocycles. The van der Waals surface area contributed by atoms with E-state index in [4.69, 9.17) is 4.74 Å². The molecule has 2 aromatic carbocycles. The van der Waals surface area contributed by atoms with Crippen molar-refractivity contribution < 1.29 is 14.3 Å². The minimum absolute atomic E-state index is 0.127. The van der Waals surface area contributed by atoms with E-state index in [1.165, 1.54) is 6.07 Å². The fourth-order valence-corrected chi connectivity index (χ4v) is 2.30. The number of carbonyl (C=O) groups is 2. The summed E-state index contributed by atoms with van der Waals surface area (Å²) < 4.78 is 5.02. The van der Waals surface area contributed by atoms with Crippen molar-refractivity contribution in [1.29, 1.82) is 0 Å². The maximum absolute atomic E-state index is 12.2. The average molecular weight is 322 g/mol. The van der Waals surface area contributed by atoms with Gasteiger partial charge in [-0.2, -0.15) is 0 Å². The van der Waals surface area contributed by atoms with Gasteiger partial charge >= 0.3 is 5.97 Å². The van der Waals surface area contributed by atoms with Crippen molar-refractivity contribution in [3.63, 3.8) is 0 Å². The van der Waals surface area contributed by atoms with Gasteiger partial charge in [-0.1, -0.05) is 36.4 Å². The van der Waals surface area contributed by atoms with Crippen LogP contribution in [0.1, 0.15) is 10.4 Å². The van der Waals surface area contributed by atoms with Gasteiger partial charge in [0.1, 0.15) is 0 Å². The highest BCUT2D eigenvalue weighted by Crippen LogP contribution is 2.15. The van der Waals surface area contributed by atoms with E-state index < -0.39 is 24.0 Å². The van der Waals surface area contributed by atoms with Gasteiger partial charge in [-0.15, -0.1) is 0 Å². The molecule has 0 atom stereocenters. The van der Waals surface area contributed by atoms with Crippen LogP contribution in [0.3, 0.4) is 0 Å². The summed E-state index contributed by atoms with van der Waals surface area (Å²) in [4.78, 5) is 38.3. The van der Waals surface area contributed by atoms with E-state index in [0.29, 0.717) is 16.6 Å². The number of esters is 1. The van der Waals surface area contributed by atoms with Crippen molar-refractivity contribution in [3.05, 3.63) is 76.6 Å². The first-order chi connectivity index (χ1) is 11.6. The molecular weight excluding hydrogens is 308 g/mol. The largest absolute Gasteiger partial charge is 0.452 e. The first kappa shape index (κ1) is 15.5. The molecule has 6 nitrogen and oxygen atoms in total. The molecule has 3 aromatic rings. The number of carbonyl (C=O) groups excluding carboxylic acids is 2. The van der Waals surface area contributed by atoms with Crippen molar-refractivity contribution in [2.24, 2.45) is 0 Å². The van der Waals surface area contributed by atoms with Crippen LogP contribution in [0.5, 0.6) is 0 Å². The standard InChI is InChI=1S/C18H14N2O4/c21-16-10-14(13-8-4-5-9-15(13)20-16)18(23)24-11-17(22)19-12-6-2-1-3-7-12/h1-10H,11H2,(H,19,22)(H,20,21). The zero-order valence-electron chi connectivity index (χ0n) is 12.6. The zero-order chi connectivity index (χ0) is 16.9. The molecule has 0 fully saturated rings. The molecular formula is C18H14N2O4. The minimum Gasteiger partial charge on any atom is -0.452 e. The van der Waals surface area contributed by atoms with Crippen molar-refractivity contribution in [2.45, 2.75) is 0 Å². The van der Waals surface area contributed by atoms with Crippen LogP contribution in [-0.2, 0) is 9.53 Å². The molecule has 0 aliphatic rings. The van der Waals surface area contributed by atoms with Gasteiger partial charge in [0.15, 0.2) is 6.61 Å². The van der Waals surface area contributed by atoms with Crippen molar-refractivity contribution >= 4 is 28.5 Å². The van der Waals surface area contributed by atoms with Crippen LogP contribution in [0, 0.1) is 0 Å². The number of aromatic amines is 1. The lowest BCUT2D eigenvalue weighted by Crippen LogP contribution is -2.21. The molecule has 0 aliphatic carbocycles. The van der Waals surface area contributed by atoms with Crippen molar-refractivity contribution in [1.82, 2.24) is 4.98 Å². The molecule has 0 spiro atoms. The number of H-pyrrole nitrogens is 1. The maximum atomic E-state index is 12.2. The molecule has 6 heteroatoms. The second kappa shape index (κ2) is 6.78. The molecule has 3 rings (SSSR count). The van der Waals surface area contributed by atoms with Crippen molar-refractivity contribution in [2.75, 3.05) is 11.9 Å². The summed E-state index contributed by atoms with van der Waals surface area (Å²) >= 11 is 0. The van der Waals surface area contributed by atoms with E-state index in [1.807, 2.05) is 6.07 Å². The molecule has 120 valence electrons. The van der Waals surface area contributed by atoms with E-state index in [1.54, 1.807) is 48.5 Å². The molecule has 0 unspecified atom stereocenters. The first-order valence-electron chi connectivity index (χ1n) is 7.27. The van der Waals surface area contributed by atoms with Gasteiger partial charge in [0.05, 0.1) is 5.56 Å². The molecule has 0 saturated heterocycles. The van der Waals surface area contributed by atoms with Gasteiger partial charge in [-0.05, 0) is 18.2 Å². The summed E-state index contributed by atoms with van der Waals surface area (Å²) in [7, 11) is 0. The monoisotopic (exact) mass is 322 g/mol. The van der Waals surface area contributed by atoms with Crippen LogP contribution in [-0.4, -0.2) is 23.5 Å². The van der Waals surface area contributed by atoms with Gasteiger partial charge in [0.2, 0.25) is 5.56 Å². The Morgan fingerprint density at radius 2 is 1.71 bits per heavy atom. The number of fused-ring (bicyclic) bond motifs is 1. The number of pyridine rings is 1. The highest BCUT2D eigenvalue weighted by atomic mass is 16.5. The summed E-state index contributed by atoms with van der Waals surface area (Å²) in [6.45, 7) is -0.436. The topological polar surface area (TPSA) is 88.3 Å². The second-order valence-corrected chi connectivity index (χ2v) is 5.08. The second-order valence-electron chi connectivity index (χ2n) is 5.08. The summed E-state index contributed by atoms with van der Waals surface area (Å²) in [5.74, 6) is -1.18. The smallest absolute Gasteiger partial charge is 0.339 e. The van der Waals surface area contributed by atoms with Gasteiger partial charge in [0, 0.05) is 22.7 Å². The average Bonchev–Trinajstić information content (AvgIpc) is 2.59. The molecule has 0 bridgehead atoms. The third-order valence-electron chi connectivity index (χ3n) is 3.36. The molecule has 1 heterocycles. The predicted molar refractivity (Wildman–Crippen MR) is 89.9 cm³/mol. The Labute approximate surface area is 137 Å². The number of hydrogen-bond acceptors (Lipinski definition) is 4. The Bertz CT molecular complexity index is 948. The minimum atomic E-state index is -0.722. The molecule has 1 aromatic heterocycles. The van der Waals surface area contributed by atoms with Crippen LogP contribution in [0.25, 0.3) is 10.9 Å². The third-order valence-corrected chi connectivity index (χ3v) is 3.36. The predicted octanol–water partition coefficient (Wildman–Crippen LogP) is 2.32. The number of aromatic nitrogens is 1. The van der Waals surface area contributed by atoms with Crippen LogP contribution < -0.4 is 10.9 Å². The van der Waals surface area contributed by atoms with Crippen LogP contribution >= 0.6 is 0 Å². The van der Waals surface area contributed by atoms with E-state index in [-0.39, 0.29) is 5.56 Å². The van der Waals surface area contributed by atoms with E-state index in [2.05, 4.69) is 10.3 Å². The molecule has 0 aliphatic heterocycles. The van der Waals surface area contributed by atoms with E-state index in [0.717, 1.165) is 0 Å². The Balaban J connectivity index is 1.72. The summed E-state index contributed by atoms with van der Waals surface area (Å²) in [5, 5.41) is 3.17. The van der Waals surface area contributed by atoms with E-state index >= 15 is 0 Å². The van der Waals surface area contributed by atoms with Crippen LogP contribution in [0.2, 0.25) is 0 Å². The number of ether oxygens (including phenoxy) is 1. The number of para-hydroxylation sites is 2. The fourth-order valence-electron chi connectivity index (χ4n) is 2.30. The summed E-state index contributed by atoms with van der Waals surface area (Å²) in [6, 6.07) is 16.9. The van der Waals surface area contributed by atoms with E-state index in [9.17, 15) is 14.4 Å².